The monoisotopic (exact) mass is 632 g/mol. The largest absolute Gasteiger partial charge is 0.463 e. The molecule has 0 aliphatic carbocycles. The zero-order valence-corrected chi connectivity index (χ0v) is 30.0. The van der Waals surface area contributed by atoms with Crippen LogP contribution in [0.3, 0.4) is 0 Å². The zero-order valence-electron chi connectivity index (χ0n) is 30.0. The number of esters is 1. The maximum Gasteiger partial charge on any atom is 0.330 e. The van der Waals surface area contributed by atoms with Gasteiger partial charge in [0.15, 0.2) is 0 Å². The Labute approximate surface area is 280 Å². The predicted molar refractivity (Wildman–Crippen MR) is 199 cm³/mol. The van der Waals surface area contributed by atoms with Gasteiger partial charge in [-0.25, -0.2) is 14.8 Å². The normalized spacial score (nSPS) is 13.4. The van der Waals surface area contributed by atoms with Gasteiger partial charge in [-0.05, 0) is 127 Å². The van der Waals surface area contributed by atoms with Gasteiger partial charge < -0.3 is 14.7 Å². The summed E-state index contributed by atoms with van der Waals surface area (Å²) in [5.41, 5.74) is 19.6. The number of nitrogens with zero attached hydrogens (tertiary/aromatic N) is 2. The van der Waals surface area contributed by atoms with Crippen molar-refractivity contribution in [2.45, 2.75) is 114 Å². The van der Waals surface area contributed by atoms with E-state index in [1.54, 1.807) is 6.08 Å². The van der Waals surface area contributed by atoms with Crippen LogP contribution in [0.2, 0.25) is 0 Å². The summed E-state index contributed by atoms with van der Waals surface area (Å²) in [4.78, 5) is 31.1. The summed E-state index contributed by atoms with van der Waals surface area (Å²) in [7, 11) is 0. The van der Waals surface area contributed by atoms with Crippen molar-refractivity contribution in [2.75, 3.05) is 6.61 Å². The molecular formula is C41H52N4O2. The molecular weight excluding hydrogens is 580 g/mol. The molecule has 6 nitrogen and oxygen atoms in total. The summed E-state index contributed by atoms with van der Waals surface area (Å²) < 4.78 is 5.33. The number of H-pyrrole nitrogens is 2. The fraction of sp³-hybridized carbons (Fsp3) is 0.439. The molecule has 0 saturated heterocycles. The molecule has 0 amide bonds. The molecule has 3 aromatic rings. The van der Waals surface area contributed by atoms with Crippen molar-refractivity contribution in [1.29, 1.82) is 0 Å². The SMILES string of the molecule is CCOC(=O)/C=C/c1c2nc(cc3nc(cc4[nH]c(cc5[nH]c1c(CC)c5CC)c(CC)c4CC)C(CC)=C3CC)C(CC)=C2CC. The van der Waals surface area contributed by atoms with E-state index in [0.717, 1.165) is 102 Å². The van der Waals surface area contributed by atoms with Gasteiger partial charge in [-0.15, -0.1) is 0 Å². The minimum Gasteiger partial charge on any atom is -0.463 e. The lowest BCUT2D eigenvalue weighted by Gasteiger charge is -2.07. The average molecular weight is 633 g/mol. The van der Waals surface area contributed by atoms with Gasteiger partial charge in [0.25, 0.3) is 0 Å². The highest BCUT2D eigenvalue weighted by Crippen LogP contribution is 2.41. The Morgan fingerprint density at radius 2 is 1.09 bits per heavy atom. The first-order chi connectivity index (χ1) is 22.8. The van der Waals surface area contributed by atoms with E-state index in [1.165, 1.54) is 44.5 Å². The molecule has 8 bridgehead atoms. The van der Waals surface area contributed by atoms with Gasteiger partial charge in [0, 0.05) is 28.2 Å². The Morgan fingerprint density at radius 3 is 1.64 bits per heavy atom. The first-order valence-electron chi connectivity index (χ1n) is 17.9. The molecule has 5 heterocycles. The number of carbonyl (C=O) groups excluding carboxylic acids is 1. The van der Waals surface area contributed by atoms with E-state index < -0.39 is 0 Å². The summed E-state index contributed by atoms with van der Waals surface area (Å²) >= 11 is 0. The van der Waals surface area contributed by atoms with Crippen molar-refractivity contribution < 1.29 is 9.53 Å². The maximum absolute atomic E-state index is 12.7. The Morgan fingerprint density at radius 1 is 0.596 bits per heavy atom. The summed E-state index contributed by atoms with van der Waals surface area (Å²) in [5.74, 6) is -0.352. The van der Waals surface area contributed by atoms with Gasteiger partial charge in [-0.2, -0.15) is 0 Å². The van der Waals surface area contributed by atoms with Crippen LogP contribution in [0.25, 0.3) is 50.4 Å². The van der Waals surface area contributed by atoms with Crippen LogP contribution in [0.1, 0.15) is 139 Å². The second kappa shape index (κ2) is 14.7. The lowest BCUT2D eigenvalue weighted by molar-refractivity contribution is -0.137. The summed E-state index contributed by atoms with van der Waals surface area (Å²) in [6.45, 7) is 20.0. The van der Waals surface area contributed by atoms with Gasteiger partial charge in [-0.1, -0.05) is 55.4 Å². The van der Waals surface area contributed by atoms with Crippen LogP contribution < -0.4 is 0 Å². The molecule has 0 saturated carbocycles. The van der Waals surface area contributed by atoms with Crippen molar-refractivity contribution in [2.24, 2.45) is 0 Å². The first kappa shape index (κ1) is 34.2. The molecule has 0 spiro atoms. The zero-order chi connectivity index (χ0) is 33.8. The van der Waals surface area contributed by atoms with Gasteiger partial charge in [-0.3, -0.25) is 0 Å². The van der Waals surface area contributed by atoms with E-state index in [4.69, 9.17) is 14.7 Å². The molecule has 0 aromatic carbocycles. The van der Waals surface area contributed by atoms with Crippen LogP contribution in [0.4, 0.5) is 0 Å². The van der Waals surface area contributed by atoms with Crippen molar-refractivity contribution in [1.82, 2.24) is 19.9 Å². The Bertz CT molecular complexity index is 1950. The van der Waals surface area contributed by atoms with Gasteiger partial charge in [0.1, 0.15) is 0 Å². The van der Waals surface area contributed by atoms with Crippen LogP contribution in [-0.4, -0.2) is 32.5 Å². The Balaban J connectivity index is 2.09. The molecule has 3 aromatic heterocycles. The lowest BCUT2D eigenvalue weighted by Crippen LogP contribution is -1.99. The van der Waals surface area contributed by atoms with E-state index in [1.807, 2.05) is 13.0 Å². The Hall–Kier alpha value is -4.19. The van der Waals surface area contributed by atoms with Crippen LogP contribution in [0.5, 0.6) is 0 Å². The molecule has 47 heavy (non-hydrogen) atoms. The number of hydrogen-bond donors (Lipinski definition) is 2. The van der Waals surface area contributed by atoms with E-state index in [9.17, 15) is 4.79 Å². The number of carbonyl (C=O) groups is 1. The minimum absolute atomic E-state index is 0.331. The predicted octanol–water partition coefficient (Wildman–Crippen LogP) is 10.6. The van der Waals surface area contributed by atoms with Crippen LogP contribution in [-0.2, 0) is 35.2 Å². The third kappa shape index (κ3) is 6.15. The van der Waals surface area contributed by atoms with E-state index in [-0.39, 0.29) is 5.97 Å². The molecule has 248 valence electrons. The molecule has 6 heteroatoms. The number of allylic oxidation sites excluding steroid dienone is 4. The highest BCUT2D eigenvalue weighted by Gasteiger charge is 2.25. The van der Waals surface area contributed by atoms with Gasteiger partial charge in [0.05, 0.1) is 34.9 Å². The fourth-order valence-corrected chi connectivity index (χ4v) is 7.73. The second-order valence-electron chi connectivity index (χ2n) is 12.2. The first-order valence-corrected chi connectivity index (χ1v) is 17.9. The lowest BCUT2D eigenvalue weighted by atomic mass is 9.95. The number of hydrogen-bond acceptors (Lipinski definition) is 4. The quantitative estimate of drug-likeness (QED) is 0.163. The number of aromatic amines is 2. The van der Waals surface area contributed by atoms with Crippen molar-refractivity contribution >= 4 is 56.4 Å². The van der Waals surface area contributed by atoms with E-state index >= 15 is 0 Å². The summed E-state index contributed by atoms with van der Waals surface area (Å²) in [6, 6.07) is 6.79. The number of fused-ring (bicyclic) bond motifs is 8. The minimum atomic E-state index is -0.352. The van der Waals surface area contributed by atoms with E-state index in [2.05, 4.69) is 83.6 Å². The molecule has 0 atom stereocenters. The molecule has 5 rings (SSSR count). The van der Waals surface area contributed by atoms with Crippen LogP contribution in [0.15, 0.2) is 24.3 Å². The van der Waals surface area contributed by atoms with Gasteiger partial charge in [0.2, 0.25) is 0 Å². The van der Waals surface area contributed by atoms with Crippen molar-refractivity contribution in [3.05, 3.63) is 74.9 Å². The second-order valence-corrected chi connectivity index (χ2v) is 12.2. The topological polar surface area (TPSA) is 83.7 Å². The molecule has 0 unspecified atom stereocenters. The maximum atomic E-state index is 12.7. The molecule has 2 aliphatic rings. The number of nitrogens with one attached hydrogen (secondary N) is 2. The van der Waals surface area contributed by atoms with Crippen LogP contribution >= 0.6 is 0 Å². The smallest absolute Gasteiger partial charge is 0.330 e. The summed E-state index contributed by atoms with van der Waals surface area (Å²) in [6.07, 6.45) is 10.6. The number of aryl methyl sites for hydroxylation is 4. The summed E-state index contributed by atoms with van der Waals surface area (Å²) in [5, 5.41) is 0. The molecule has 2 N–H and O–H groups in total. The van der Waals surface area contributed by atoms with Crippen molar-refractivity contribution in [3.8, 4) is 0 Å². The van der Waals surface area contributed by atoms with Crippen molar-refractivity contribution in [3.63, 3.8) is 0 Å². The Kier molecular flexibility index (Phi) is 10.7. The molecule has 0 fully saturated rings. The third-order valence-electron chi connectivity index (χ3n) is 9.82. The highest BCUT2D eigenvalue weighted by atomic mass is 16.5. The fourth-order valence-electron chi connectivity index (χ4n) is 7.73. The standard InChI is InChI=1S/C41H52N4O2/c1-10-24-26(12-3)35-22-37-28(14-5)30(16-7)40(44-37)32(19-20-39(46)47-18-9)41-31(17-8)29(15-6)38(45-41)23-36-27(13-4)25(11-2)34(43-36)21-33(24)42-35/h19-23,42,44H,10-18H2,1-9H3/b20-19+,33-21?,34-21?,35-22?,36-23?,37-22?,38-23?,40-32?,41-32?. The highest BCUT2D eigenvalue weighted by molar-refractivity contribution is 6.00. The van der Waals surface area contributed by atoms with E-state index in [0.29, 0.717) is 6.61 Å². The van der Waals surface area contributed by atoms with Gasteiger partial charge >= 0.3 is 5.97 Å². The third-order valence-corrected chi connectivity index (χ3v) is 9.82. The number of ether oxygens (including phenoxy) is 1. The number of rotatable bonds is 11. The van der Waals surface area contributed by atoms with Crippen LogP contribution in [0, 0.1) is 0 Å². The number of aromatic nitrogens is 4. The molecule has 0 radical (unpaired) electrons. The average Bonchev–Trinajstić information content (AvgIpc) is 3.80. The molecule has 2 aliphatic heterocycles.